The Morgan fingerprint density at radius 2 is 1.70 bits per heavy atom. The van der Waals surface area contributed by atoms with E-state index in [-0.39, 0.29) is 6.61 Å². The molecule has 0 saturated heterocycles. The van der Waals surface area contributed by atoms with Crippen LogP contribution < -0.4 is 15.0 Å². The summed E-state index contributed by atoms with van der Waals surface area (Å²) in [6.07, 6.45) is 0. The number of rotatable bonds is 8. The average Bonchev–Trinajstić information content (AvgIpc) is 2.70. The van der Waals surface area contributed by atoms with Gasteiger partial charge in [-0.1, -0.05) is 18.1 Å². The Morgan fingerprint density at radius 1 is 1.11 bits per heavy atom. The van der Waals surface area contributed by atoms with E-state index < -0.39 is 22.0 Å². The quantitative estimate of drug-likeness (QED) is 0.413. The van der Waals surface area contributed by atoms with Gasteiger partial charge in [0.2, 0.25) is 0 Å². The molecule has 6 nitrogen and oxygen atoms in total. The Balaban J connectivity index is 2.23. The second-order valence-corrected chi connectivity index (χ2v) is 6.88. The predicted octanol–water partition coefficient (Wildman–Crippen LogP) is 2.84. The molecule has 0 aliphatic rings. The second kappa shape index (κ2) is 10.4. The molecule has 0 fully saturated rings. The molecular formula is C20H21NO5S. The Morgan fingerprint density at radius 3 is 2.26 bits per heavy atom. The summed E-state index contributed by atoms with van der Waals surface area (Å²) in [4.78, 5) is 12.6. The van der Waals surface area contributed by atoms with Crippen molar-refractivity contribution in [1.29, 1.82) is 0 Å². The number of carbonyl (C=O) groups is 1. The first-order valence-corrected chi connectivity index (χ1v) is 9.51. The fourth-order valence-corrected chi connectivity index (χ4v) is 3.66. The van der Waals surface area contributed by atoms with Crippen LogP contribution in [0.5, 0.6) is 11.5 Å². The van der Waals surface area contributed by atoms with Gasteiger partial charge in [0.25, 0.3) is 5.91 Å². The molecule has 0 aromatic heterocycles. The standard InChI is InChI=1S/C20H21NO5S/c1-3-5-14-26-17-10-12-18(13-11-17)27(24)19(20(22)21-23)15-6-8-16(9-7-15)25-4-2/h6-13,19,23H,4,14H2,1-2H3,(H,21,22). The van der Waals surface area contributed by atoms with Gasteiger partial charge < -0.3 is 9.47 Å². The summed E-state index contributed by atoms with van der Waals surface area (Å²) in [5.74, 6) is 5.99. The molecule has 2 aromatic rings. The van der Waals surface area contributed by atoms with Crippen molar-refractivity contribution in [1.82, 2.24) is 5.48 Å². The number of amides is 1. The summed E-state index contributed by atoms with van der Waals surface area (Å²) in [5, 5.41) is 8.01. The van der Waals surface area contributed by atoms with Gasteiger partial charge in [-0.3, -0.25) is 14.2 Å². The van der Waals surface area contributed by atoms with Gasteiger partial charge in [0.15, 0.2) is 0 Å². The van der Waals surface area contributed by atoms with Crippen LogP contribution >= 0.6 is 0 Å². The molecular weight excluding hydrogens is 366 g/mol. The van der Waals surface area contributed by atoms with Crippen LogP contribution in [0.2, 0.25) is 0 Å². The first kappa shape index (κ1) is 20.5. The lowest BCUT2D eigenvalue weighted by Gasteiger charge is -2.16. The number of benzene rings is 2. The van der Waals surface area contributed by atoms with Gasteiger partial charge in [0, 0.05) is 4.90 Å². The van der Waals surface area contributed by atoms with E-state index >= 15 is 0 Å². The van der Waals surface area contributed by atoms with Crippen LogP contribution in [0.15, 0.2) is 53.4 Å². The lowest BCUT2D eigenvalue weighted by atomic mass is 10.1. The Bertz CT molecular complexity index is 837. The summed E-state index contributed by atoms with van der Waals surface area (Å²) in [6, 6.07) is 13.3. The number of carbonyl (C=O) groups excluding carboxylic acids is 1. The third kappa shape index (κ3) is 5.58. The second-order valence-electron chi connectivity index (χ2n) is 5.34. The van der Waals surface area contributed by atoms with E-state index in [9.17, 15) is 9.00 Å². The van der Waals surface area contributed by atoms with Gasteiger partial charge in [0.05, 0.1) is 17.4 Å². The minimum Gasteiger partial charge on any atom is -0.494 e. The molecule has 0 aliphatic heterocycles. The monoisotopic (exact) mass is 387 g/mol. The van der Waals surface area contributed by atoms with E-state index in [1.54, 1.807) is 60.9 Å². The van der Waals surface area contributed by atoms with Gasteiger partial charge >= 0.3 is 0 Å². The zero-order chi connectivity index (χ0) is 19.6. The molecule has 0 aliphatic carbocycles. The lowest BCUT2D eigenvalue weighted by molar-refractivity contribution is -0.128. The number of hydroxylamine groups is 1. The maximum Gasteiger partial charge on any atom is 0.263 e. The van der Waals surface area contributed by atoms with E-state index in [0.717, 1.165) is 0 Å². The van der Waals surface area contributed by atoms with E-state index in [1.807, 2.05) is 6.92 Å². The number of ether oxygens (including phenoxy) is 2. The molecule has 2 rings (SSSR count). The highest BCUT2D eigenvalue weighted by molar-refractivity contribution is 7.86. The van der Waals surface area contributed by atoms with Crippen molar-refractivity contribution in [3.8, 4) is 23.3 Å². The maximum absolute atomic E-state index is 13.0. The van der Waals surface area contributed by atoms with Gasteiger partial charge in [-0.2, -0.15) is 0 Å². The van der Waals surface area contributed by atoms with Crippen LogP contribution in [0.3, 0.4) is 0 Å². The van der Waals surface area contributed by atoms with E-state index in [0.29, 0.717) is 28.6 Å². The van der Waals surface area contributed by atoms with E-state index in [1.165, 1.54) is 0 Å². The third-order valence-electron chi connectivity index (χ3n) is 3.60. The van der Waals surface area contributed by atoms with Gasteiger partial charge in [0.1, 0.15) is 23.4 Å². The van der Waals surface area contributed by atoms with E-state index in [2.05, 4.69) is 11.8 Å². The minimum absolute atomic E-state index is 0.265. The molecule has 142 valence electrons. The Labute approximate surface area is 160 Å². The smallest absolute Gasteiger partial charge is 0.263 e. The van der Waals surface area contributed by atoms with Crippen molar-refractivity contribution in [3.63, 3.8) is 0 Å². The topological polar surface area (TPSA) is 84.9 Å². The van der Waals surface area contributed by atoms with Crippen molar-refractivity contribution in [2.24, 2.45) is 0 Å². The van der Waals surface area contributed by atoms with Crippen molar-refractivity contribution in [2.45, 2.75) is 24.0 Å². The molecule has 2 unspecified atom stereocenters. The van der Waals surface area contributed by atoms with Gasteiger partial charge in [-0.05, 0) is 55.8 Å². The third-order valence-corrected chi connectivity index (χ3v) is 5.25. The lowest BCUT2D eigenvalue weighted by Crippen LogP contribution is -2.29. The van der Waals surface area contributed by atoms with Crippen LogP contribution in [-0.4, -0.2) is 28.5 Å². The number of hydrogen-bond acceptors (Lipinski definition) is 5. The normalized spacial score (nSPS) is 12.3. The van der Waals surface area contributed by atoms with Crippen LogP contribution in [0.25, 0.3) is 0 Å². The van der Waals surface area contributed by atoms with Crippen molar-refractivity contribution < 1.29 is 23.7 Å². The highest BCUT2D eigenvalue weighted by atomic mass is 32.2. The molecule has 0 radical (unpaired) electrons. The largest absolute Gasteiger partial charge is 0.494 e. The zero-order valence-electron chi connectivity index (χ0n) is 15.1. The summed E-state index contributed by atoms with van der Waals surface area (Å²) < 4.78 is 23.8. The van der Waals surface area contributed by atoms with Crippen LogP contribution in [0.4, 0.5) is 0 Å². The molecule has 0 saturated carbocycles. The predicted molar refractivity (Wildman–Crippen MR) is 102 cm³/mol. The summed E-state index contributed by atoms with van der Waals surface area (Å²) >= 11 is 0. The van der Waals surface area contributed by atoms with Gasteiger partial charge in [-0.25, -0.2) is 5.48 Å². The molecule has 1 amide bonds. The first-order chi connectivity index (χ1) is 13.1. The van der Waals surface area contributed by atoms with Crippen molar-refractivity contribution in [3.05, 3.63) is 54.1 Å². The van der Waals surface area contributed by atoms with Crippen molar-refractivity contribution >= 4 is 16.7 Å². The van der Waals surface area contributed by atoms with Gasteiger partial charge in [-0.15, -0.1) is 5.92 Å². The molecule has 0 heterocycles. The number of nitrogens with one attached hydrogen (secondary N) is 1. The molecule has 7 heteroatoms. The minimum atomic E-state index is -1.72. The zero-order valence-corrected chi connectivity index (χ0v) is 15.9. The molecule has 0 spiro atoms. The first-order valence-electron chi connectivity index (χ1n) is 8.30. The summed E-state index contributed by atoms with van der Waals surface area (Å²) in [7, 11) is -1.72. The molecule has 2 atom stereocenters. The Hall–Kier alpha value is -2.82. The SMILES string of the molecule is CC#CCOc1ccc(S(=O)C(C(=O)NO)c2ccc(OCC)cc2)cc1. The molecule has 2 N–H and O–H groups in total. The highest BCUT2D eigenvalue weighted by Crippen LogP contribution is 2.28. The number of hydrogen-bond donors (Lipinski definition) is 2. The van der Waals surface area contributed by atoms with Crippen LogP contribution in [0.1, 0.15) is 24.7 Å². The molecule has 27 heavy (non-hydrogen) atoms. The average molecular weight is 387 g/mol. The molecule has 0 bridgehead atoms. The van der Waals surface area contributed by atoms with Crippen molar-refractivity contribution in [2.75, 3.05) is 13.2 Å². The maximum atomic E-state index is 13.0. The fourth-order valence-electron chi connectivity index (χ4n) is 2.33. The Kier molecular flexibility index (Phi) is 7.86. The van der Waals surface area contributed by atoms with E-state index in [4.69, 9.17) is 14.7 Å². The highest BCUT2D eigenvalue weighted by Gasteiger charge is 2.28. The fraction of sp³-hybridized carbons (Fsp3) is 0.250. The van der Waals surface area contributed by atoms with Crippen LogP contribution in [0, 0.1) is 11.8 Å². The summed E-state index contributed by atoms with van der Waals surface area (Å²) in [6.45, 7) is 4.38. The summed E-state index contributed by atoms with van der Waals surface area (Å²) in [5.41, 5.74) is 2.10. The van der Waals surface area contributed by atoms with Crippen LogP contribution in [-0.2, 0) is 15.6 Å². The molecule has 2 aromatic carbocycles.